The lowest BCUT2D eigenvalue weighted by Crippen LogP contribution is -2.11. The second kappa shape index (κ2) is 7.29. The lowest BCUT2D eigenvalue weighted by atomic mass is 9.99. The van der Waals surface area contributed by atoms with Crippen molar-refractivity contribution in [1.82, 2.24) is 0 Å². The third-order valence-electron chi connectivity index (χ3n) is 3.82. The highest BCUT2D eigenvalue weighted by molar-refractivity contribution is 6.34. The summed E-state index contributed by atoms with van der Waals surface area (Å²) in [5.74, 6) is -1.71. The zero-order valence-corrected chi connectivity index (χ0v) is 14.2. The van der Waals surface area contributed by atoms with Gasteiger partial charge in [-0.05, 0) is 35.9 Å². The maximum absolute atomic E-state index is 12.2. The minimum atomic E-state index is -1.10. The minimum absolute atomic E-state index is 0.0647. The SMILES string of the molecule is O=C(Nc1cc(Cl)c(-c2ccccc2C(=O)O)cc1O)c1ccccc1. The molecule has 1 amide bonds. The smallest absolute Gasteiger partial charge is 0.336 e. The number of hydrogen-bond donors (Lipinski definition) is 3. The fourth-order valence-corrected chi connectivity index (χ4v) is 2.82. The summed E-state index contributed by atoms with van der Waals surface area (Å²) in [7, 11) is 0. The molecule has 0 spiro atoms. The van der Waals surface area contributed by atoms with E-state index in [4.69, 9.17) is 11.6 Å². The molecular weight excluding hydrogens is 354 g/mol. The molecule has 6 heteroatoms. The van der Waals surface area contributed by atoms with Crippen LogP contribution in [0.1, 0.15) is 20.7 Å². The summed E-state index contributed by atoms with van der Waals surface area (Å²) in [5.41, 5.74) is 1.37. The summed E-state index contributed by atoms with van der Waals surface area (Å²) >= 11 is 6.29. The average Bonchev–Trinajstić information content (AvgIpc) is 2.65. The van der Waals surface area contributed by atoms with Crippen molar-refractivity contribution in [1.29, 1.82) is 0 Å². The first-order valence-corrected chi connectivity index (χ1v) is 8.07. The first-order chi connectivity index (χ1) is 12.5. The van der Waals surface area contributed by atoms with Gasteiger partial charge in [-0.1, -0.05) is 48.0 Å². The molecule has 3 rings (SSSR count). The van der Waals surface area contributed by atoms with Crippen LogP contribution in [-0.4, -0.2) is 22.1 Å². The normalized spacial score (nSPS) is 10.3. The molecule has 0 radical (unpaired) electrons. The van der Waals surface area contributed by atoms with E-state index < -0.39 is 11.9 Å². The molecule has 3 aromatic rings. The van der Waals surface area contributed by atoms with Gasteiger partial charge in [0.05, 0.1) is 16.3 Å². The molecule has 3 N–H and O–H groups in total. The predicted molar refractivity (Wildman–Crippen MR) is 99.9 cm³/mol. The quantitative estimate of drug-likeness (QED) is 0.585. The van der Waals surface area contributed by atoms with Gasteiger partial charge < -0.3 is 15.5 Å². The zero-order chi connectivity index (χ0) is 18.7. The number of carboxylic acid groups (broad SMARTS) is 1. The summed E-state index contributed by atoms with van der Waals surface area (Å²) < 4.78 is 0. The topological polar surface area (TPSA) is 86.6 Å². The number of rotatable bonds is 4. The van der Waals surface area contributed by atoms with Crippen molar-refractivity contribution in [2.24, 2.45) is 0 Å². The van der Waals surface area contributed by atoms with E-state index >= 15 is 0 Å². The maximum atomic E-state index is 12.2. The van der Waals surface area contributed by atoms with E-state index in [9.17, 15) is 19.8 Å². The Balaban J connectivity index is 1.97. The molecule has 0 heterocycles. The number of aromatic hydroxyl groups is 1. The first-order valence-electron chi connectivity index (χ1n) is 7.69. The highest BCUT2D eigenvalue weighted by atomic mass is 35.5. The standard InChI is InChI=1S/C20H14ClNO4/c21-16-11-17(22-19(24)12-6-2-1-3-7-12)18(23)10-15(16)13-8-4-5-9-14(13)20(25)26/h1-11,23H,(H,22,24)(H,25,26). The number of benzene rings is 3. The van der Waals surface area contributed by atoms with E-state index in [1.807, 2.05) is 0 Å². The molecule has 0 saturated carbocycles. The van der Waals surface area contributed by atoms with Gasteiger partial charge in [0, 0.05) is 11.1 Å². The van der Waals surface area contributed by atoms with Crippen LogP contribution < -0.4 is 5.32 Å². The van der Waals surface area contributed by atoms with Crippen LogP contribution in [0.2, 0.25) is 5.02 Å². The van der Waals surface area contributed by atoms with Gasteiger partial charge in [-0.2, -0.15) is 0 Å². The highest BCUT2D eigenvalue weighted by Crippen LogP contribution is 2.38. The van der Waals surface area contributed by atoms with Crippen molar-refractivity contribution >= 4 is 29.2 Å². The molecule has 0 unspecified atom stereocenters. The van der Waals surface area contributed by atoms with Crippen molar-refractivity contribution in [3.05, 3.63) is 82.9 Å². The molecule has 0 aliphatic rings. The molecule has 0 aliphatic heterocycles. The number of anilines is 1. The van der Waals surface area contributed by atoms with Gasteiger partial charge in [0.25, 0.3) is 5.91 Å². The number of halogens is 1. The van der Waals surface area contributed by atoms with E-state index in [2.05, 4.69) is 5.32 Å². The van der Waals surface area contributed by atoms with Crippen molar-refractivity contribution in [2.75, 3.05) is 5.32 Å². The van der Waals surface area contributed by atoms with E-state index in [0.717, 1.165) is 0 Å². The van der Waals surface area contributed by atoms with Crippen LogP contribution in [0.5, 0.6) is 5.75 Å². The summed E-state index contributed by atoms with van der Waals surface area (Å²) in [6.07, 6.45) is 0. The van der Waals surface area contributed by atoms with Crippen LogP contribution >= 0.6 is 11.6 Å². The molecule has 0 atom stereocenters. The second-order valence-corrected chi connectivity index (χ2v) is 5.93. The number of carbonyl (C=O) groups excluding carboxylic acids is 1. The Morgan fingerprint density at radius 3 is 2.23 bits per heavy atom. The van der Waals surface area contributed by atoms with Gasteiger partial charge in [0.1, 0.15) is 5.75 Å². The summed E-state index contributed by atoms with van der Waals surface area (Å²) in [6, 6.07) is 17.6. The average molecular weight is 368 g/mol. The first kappa shape index (κ1) is 17.5. The Labute approximate surface area is 154 Å². The van der Waals surface area contributed by atoms with Gasteiger partial charge in [0.2, 0.25) is 0 Å². The number of amides is 1. The molecule has 130 valence electrons. The summed E-state index contributed by atoms with van der Waals surface area (Å²) in [5, 5.41) is 22.4. The molecule has 0 bridgehead atoms. The lowest BCUT2D eigenvalue weighted by Gasteiger charge is -2.13. The van der Waals surface area contributed by atoms with Crippen LogP contribution in [0.4, 0.5) is 5.69 Å². The molecule has 5 nitrogen and oxygen atoms in total. The fourth-order valence-electron chi connectivity index (χ4n) is 2.56. The van der Waals surface area contributed by atoms with Gasteiger partial charge in [-0.3, -0.25) is 4.79 Å². The Morgan fingerprint density at radius 2 is 1.54 bits per heavy atom. The fraction of sp³-hybridized carbons (Fsp3) is 0. The molecule has 26 heavy (non-hydrogen) atoms. The minimum Gasteiger partial charge on any atom is -0.506 e. The van der Waals surface area contributed by atoms with Crippen molar-refractivity contribution in [3.8, 4) is 16.9 Å². The summed E-state index contributed by atoms with van der Waals surface area (Å²) in [6.45, 7) is 0. The number of phenols is 1. The third-order valence-corrected chi connectivity index (χ3v) is 4.13. The van der Waals surface area contributed by atoms with Gasteiger partial charge in [0.15, 0.2) is 0 Å². The van der Waals surface area contributed by atoms with E-state index in [1.54, 1.807) is 48.5 Å². The Hall–Kier alpha value is -3.31. The Bertz CT molecular complexity index is 986. The number of hydrogen-bond acceptors (Lipinski definition) is 3. The number of carboxylic acids is 1. The lowest BCUT2D eigenvalue weighted by molar-refractivity contribution is 0.0697. The van der Waals surface area contributed by atoms with Gasteiger partial charge in [-0.25, -0.2) is 4.79 Å². The molecular formula is C20H14ClNO4. The Kier molecular flexibility index (Phi) is 4.91. The second-order valence-electron chi connectivity index (χ2n) is 5.52. The molecule has 0 saturated heterocycles. The van der Waals surface area contributed by atoms with Crippen molar-refractivity contribution in [2.45, 2.75) is 0 Å². The molecule has 3 aromatic carbocycles. The van der Waals surface area contributed by atoms with Crippen molar-refractivity contribution in [3.63, 3.8) is 0 Å². The third kappa shape index (κ3) is 3.53. The van der Waals surface area contributed by atoms with E-state index in [0.29, 0.717) is 16.7 Å². The molecule has 0 aromatic heterocycles. The van der Waals surface area contributed by atoms with Crippen LogP contribution in [0, 0.1) is 0 Å². The van der Waals surface area contributed by atoms with Crippen LogP contribution in [0.3, 0.4) is 0 Å². The van der Waals surface area contributed by atoms with Gasteiger partial charge in [-0.15, -0.1) is 0 Å². The largest absolute Gasteiger partial charge is 0.506 e. The van der Waals surface area contributed by atoms with Crippen LogP contribution in [0.15, 0.2) is 66.7 Å². The zero-order valence-electron chi connectivity index (χ0n) is 13.4. The van der Waals surface area contributed by atoms with E-state index in [1.165, 1.54) is 18.2 Å². The highest BCUT2D eigenvalue weighted by Gasteiger charge is 2.17. The maximum Gasteiger partial charge on any atom is 0.336 e. The number of carbonyl (C=O) groups is 2. The van der Waals surface area contributed by atoms with Crippen molar-refractivity contribution < 1.29 is 19.8 Å². The summed E-state index contributed by atoms with van der Waals surface area (Å²) in [4.78, 5) is 23.6. The predicted octanol–water partition coefficient (Wildman–Crippen LogP) is 4.66. The van der Waals surface area contributed by atoms with E-state index in [-0.39, 0.29) is 22.0 Å². The van der Waals surface area contributed by atoms with Crippen LogP contribution in [-0.2, 0) is 0 Å². The number of aromatic carboxylic acids is 1. The van der Waals surface area contributed by atoms with Gasteiger partial charge >= 0.3 is 5.97 Å². The monoisotopic (exact) mass is 367 g/mol. The molecule has 0 aliphatic carbocycles. The molecule has 0 fully saturated rings. The van der Waals surface area contributed by atoms with Crippen LogP contribution in [0.25, 0.3) is 11.1 Å². The number of nitrogens with one attached hydrogen (secondary N) is 1. The number of phenolic OH excluding ortho intramolecular Hbond substituents is 1. The Morgan fingerprint density at radius 1 is 0.885 bits per heavy atom.